The third-order valence-electron chi connectivity index (χ3n) is 3.70. The number of aliphatic carboxylic acids is 1. The van der Waals surface area contributed by atoms with E-state index in [1.807, 2.05) is 12.1 Å². The molecule has 1 N–H and O–H groups in total. The molecule has 1 saturated heterocycles. The van der Waals surface area contributed by atoms with Crippen LogP contribution in [0.5, 0.6) is 0 Å². The quantitative estimate of drug-likeness (QED) is 0.800. The average molecular weight is 260 g/mol. The van der Waals surface area contributed by atoms with Crippen LogP contribution in [-0.4, -0.2) is 24.3 Å². The lowest BCUT2D eigenvalue weighted by Gasteiger charge is -2.41. The van der Waals surface area contributed by atoms with Gasteiger partial charge in [0.1, 0.15) is 0 Å². The third kappa shape index (κ3) is 3.67. The number of carboxylic acid groups (broad SMARTS) is 1. The number of hydrogen-bond acceptors (Lipinski definition) is 2. The Balaban J connectivity index is 1.92. The Hall–Kier alpha value is -1.61. The van der Waals surface area contributed by atoms with E-state index in [0.717, 1.165) is 32.5 Å². The highest BCUT2D eigenvalue weighted by Crippen LogP contribution is 2.36. The fraction of sp³-hybridized carbons (Fsp3) is 0.438. The molecule has 1 aliphatic rings. The average Bonchev–Trinajstić information content (AvgIpc) is 2.36. The first-order chi connectivity index (χ1) is 9.11. The van der Waals surface area contributed by atoms with Crippen molar-refractivity contribution in [1.82, 2.24) is 0 Å². The molecule has 0 aromatic heterocycles. The second-order valence-corrected chi connectivity index (χ2v) is 5.39. The summed E-state index contributed by atoms with van der Waals surface area (Å²) >= 11 is 0. The predicted octanol–water partition coefficient (Wildman–Crippen LogP) is 3.06. The summed E-state index contributed by atoms with van der Waals surface area (Å²) in [7, 11) is 0. The molecule has 1 fully saturated rings. The maximum Gasteiger partial charge on any atom is 0.330 e. The van der Waals surface area contributed by atoms with E-state index in [-0.39, 0.29) is 5.41 Å². The number of carboxylic acids is 1. The number of rotatable bonds is 6. The molecular weight excluding hydrogens is 240 g/mol. The van der Waals surface area contributed by atoms with Crippen molar-refractivity contribution in [3.63, 3.8) is 0 Å². The maximum absolute atomic E-state index is 10.7. The SMILES string of the molecule is CC(=CCCC1(Cc2ccccc2)COC1)C(=O)O. The van der Waals surface area contributed by atoms with Crippen LogP contribution in [-0.2, 0) is 16.0 Å². The molecule has 0 amide bonds. The molecule has 0 bridgehead atoms. The van der Waals surface area contributed by atoms with Crippen molar-refractivity contribution in [2.75, 3.05) is 13.2 Å². The first kappa shape index (κ1) is 13.8. The number of allylic oxidation sites excluding steroid dienone is 1. The Bertz CT molecular complexity index is 458. The van der Waals surface area contributed by atoms with Gasteiger partial charge in [0, 0.05) is 11.0 Å². The minimum atomic E-state index is -0.832. The molecule has 1 heterocycles. The predicted molar refractivity (Wildman–Crippen MR) is 74.0 cm³/mol. The van der Waals surface area contributed by atoms with E-state index in [1.165, 1.54) is 5.56 Å². The first-order valence-corrected chi connectivity index (χ1v) is 6.63. The summed E-state index contributed by atoms with van der Waals surface area (Å²) in [6.45, 7) is 3.20. The number of benzene rings is 1. The van der Waals surface area contributed by atoms with Crippen molar-refractivity contribution >= 4 is 5.97 Å². The van der Waals surface area contributed by atoms with Gasteiger partial charge in [-0.25, -0.2) is 4.79 Å². The third-order valence-corrected chi connectivity index (χ3v) is 3.70. The van der Waals surface area contributed by atoms with E-state index >= 15 is 0 Å². The molecule has 2 rings (SSSR count). The zero-order valence-corrected chi connectivity index (χ0v) is 11.3. The Kier molecular flexibility index (Phi) is 4.38. The number of carbonyl (C=O) groups is 1. The van der Waals surface area contributed by atoms with Crippen molar-refractivity contribution in [3.05, 3.63) is 47.5 Å². The standard InChI is InChI=1S/C16H20O3/c1-13(15(17)18)6-5-9-16(11-19-12-16)10-14-7-3-2-4-8-14/h2-4,6-8H,5,9-12H2,1H3,(H,17,18). The first-order valence-electron chi connectivity index (χ1n) is 6.63. The van der Waals surface area contributed by atoms with Crippen LogP contribution >= 0.6 is 0 Å². The molecule has 1 aliphatic heterocycles. The maximum atomic E-state index is 10.7. The van der Waals surface area contributed by atoms with Gasteiger partial charge >= 0.3 is 5.97 Å². The Labute approximate surface area is 113 Å². The summed E-state index contributed by atoms with van der Waals surface area (Å²) in [4.78, 5) is 10.7. The Morgan fingerprint density at radius 1 is 1.37 bits per heavy atom. The van der Waals surface area contributed by atoms with Crippen molar-refractivity contribution < 1.29 is 14.6 Å². The smallest absolute Gasteiger partial charge is 0.330 e. The zero-order valence-electron chi connectivity index (χ0n) is 11.3. The molecular formula is C16H20O3. The lowest BCUT2D eigenvalue weighted by atomic mass is 9.76. The van der Waals surface area contributed by atoms with Gasteiger partial charge in [0.25, 0.3) is 0 Å². The molecule has 0 radical (unpaired) electrons. The van der Waals surface area contributed by atoms with Crippen LogP contribution in [0.25, 0.3) is 0 Å². The fourth-order valence-corrected chi connectivity index (χ4v) is 2.44. The van der Waals surface area contributed by atoms with E-state index in [2.05, 4.69) is 24.3 Å². The van der Waals surface area contributed by atoms with Crippen LogP contribution in [0.3, 0.4) is 0 Å². The van der Waals surface area contributed by atoms with Gasteiger partial charge < -0.3 is 9.84 Å². The lowest BCUT2D eigenvalue weighted by Crippen LogP contribution is -2.44. The Morgan fingerprint density at radius 3 is 2.58 bits per heavy atom. The van der Waals surface area contributed by atoms with E-state index in [9.17, 15) is 4.79 Å². The van der Waals surface area contributed by atoms with Crippen molar-refractivity contribution in [2.24, 2.45) is 5.41 Å². The molecule has 0 aliphatic carbocycles. The van der Waals surface area contributed by atoms with E-state index in [1.54, 1.807) is 6.92 Å². The van der Waals surface area contributed by atoms with Gasteiger partial charge in [0.05, 0.1) is 13.2 Å². The van der Waals surface area contributed by atoms with Gasteiger partial charge in [0.15, 0.2) is 0 Å². The van der Waals surface area contributed by atoms with Crippen LogP contribution < -0.4 is 0 Å². The molecule has 0 atom stereocenters. The molecule has 3 nitrogen and oxygen atoms in total. The molecule has 0 unspecified atom stereocenters. The van der Waals surface area contributed by atoms with E-state index < -0.39 is 5.97 Å². The van der Waals surface area contributed by atoms with Crippen molar-refractivity contribution in [2.45, 2.75) is 26.2 Å². The van der Waals surface area contributed by atoms with E-state index in [0.29, 0.717) is 5.57 Å². The normalized spacial score (nSPS) is 17.8. The molecule has 1 aromatic rings. The highest BCUT2D eigenvalue weighted by molar-refractivity contribution is 5.85. The van der Waals surface area contributed by atoms with Gasteiger partial charge in [0.2, 0.25) is 0 Å². The molecule has 0 saturated carbocycles. The van der Waals surface area contributed by atoms with Crippen molar-refractivity contribution in [1.29, 1.82) is 0 Å². The van der Waals surface area contributed by atoms with Crippen LogP contribution in [0, 0.1) is 5.41 Å². The second kappa shape index (κ2) is 6.02. The monoisotopic (exact) mass is 260 g/mol. The number of ether oxygens (including phenoxy) is 1. The highest BCUT2D eigenvalue weighted by atomic mass is 16.5. The summed E-state index contributed by atoms with van der Waals surface area (Å²) < 4.78 is 5.38. The summed E-state index contributed by atoms with van der Waals surface area (Å²) in [5.74, 6) is -0.832. The van der Waals surface area contributed by atoms with Gasteiger partial charge in [-0.05, 0) is 31.7 Å². The fourth-order valence-electron chi connectivity index (χ4n) is 2.44. The topological polar surface area (TPSA) is 46.5 Å². The summed E-state index contributed by atoms with van der Waals surface area (Å²) in [5.41, 5.74) is 1.94. The minimum Gasteiger partial charge on any atom is -0.478 e. The summed E-state index contributed by atoms with van der Waals surface area (Å²) in [6.07, 6.45) is 4.60. The highest BCUT2D eigenvalue weighted by Gasteiger charge is 2.37. The van der Waals surface area contributed by atoms with Crippen LogP contribution in [0.15, 0.2) is 42.0 Å². The largest absolute Gasteiger partial charge is 0.478 e. The lowest BCUT2D eigenvalue weighted by molar-refractivity contribution is -0.132. The summed E-state index contributed by atoms with van der Waals surface area (Å²) in [5, 5.41) is 8.82. The van der Waals surface area contributed by atoms with Crippen LogP contribution in [0.4, 0.5) is 0 Å². The van der Waals surface area contributed by atoms with Crippen molar-refractivity contribution in [3.8, 4) is 0 Å². The molecule has 102 valence electrons. The van der Waals surface area contributed by atoms with Crippen LogP contribution in [0.2, 0.25) is 0 Å². The molecule has 19 heavy (non-hydrogen) atoms. The van der Waals surface area contributed by atoms with Crippen LogP contribution in [0.1, 0.15) is 25.3 Å². The molecule has 1 aromatic carbocycles. The van der Waals surface area contributed by atoms with E-state index in [4.69, 9.17) is 9.84 Å². The zero-order chi connectivity index (χ0) is 13.7. The molecule has 3 heteroatoms. The Morgan fingerprint density at radius 2 is 2.05 bits per heavy atom. The van der Waals surface area contributed by atoms with Gasteiger partial charge in [-0.2, -0.15) is 0 Å². The van der Waals surface area contributed by atoms with Gasteiger partial charge in [-0.1, -0.05) is 36.4 Å². The van der Waals surface area contributed by atoms with Gasteiger partial charge in [-0.3, -0.25) is 0 Å². The number of hydrogen-bond donors (Lipinski definition) is 1. The summed E-state index contributed by atoms with van der Waals surface area (Å²) in [6, 6.07) is 10.4. The van der Waals surface area contributed by atoms with Gasteiger partial charge in [-0.15, -0.1) is 0 Å². The molecule has 0 spiro atoms. The second-order valence-electron chi connectivity index (χ2n) is 5.39. The minimum absolute atomic E-state index is 0.191.